The molecule has 1 heterocycles. The minimum atomic E-state index is -0.492. The number of Topliss-reactive ketones (excluding diaryl/α,β-unsaturated/α-hetero) is 1. The van der Waals surface area contributed by atoms with Gasteiger partial charge in [-0.15, -0.1) is 0 Å². The maximum atomic E-state index is 13.8. The van der Waals surface area contributed by atoms with Gasteiger partial charge in [0.05, 0.1) is 0 Å². The zero-order valence-corrected chi connectivity index (χ0v) is 21.2. The Bertz CT molecular complexity index is 1210. The maximum Gasteiger partial charge on any atom is 0.254 e. The van der Waals surface area contributed by atoms with E-state index in [2.05, 4.69) is 55.4 Å². The fourth-order valence-electron chi connectivity index (χ4n) is 5.30. The van der Waals surface area contributed by atoms with Crippen molar-refractivity contribution in [2.75, 3.05) is 23.3 Å². The number of benzene rings is 2. The lowest BCUT2D eigenvalue weighted by Crippen LogP contribution is -2.39. The highest BCUT2D eigenvalue weighted by Gasteiger charge is 2.42. The van der Waals surface area contributed by atoms with E-state index in [-0.39, 0.29) is 17.1 Å². The molecule has 0 aromatic heterocycles. The Balaban J connectivity index is 1.79. The van der Waals surface area contributed by atoms with Crippen LogP contribution in [0.1, 0.15) is 58.9 Å². The smallest absolute Gasteiger partial charge is 0.254 e. The average Bonchev–Trinajstić information content (AvgIpc) is 2.78. The van der Waals surface area contributed by atoms with Crippen molar-refractivity contribution in [3.05, 3.63) is 82.5 Å². The highest BCUT2D eigenvalue weighted by Crippen LogP contribution is 2.47. The molecule has 2 aromatic rings. The van der Waals surface area contributed by atoms with Crippen LogP contribution in [0.2, 0.25) is 0 Å². The Hall–Kier alpha value is -3.41. The summed E-state index contributed by atoms with van der Waals surface area (Å²) >= 11 is 0. The zero-order valence-electron chi connectivity index (χ0n) is 21.2. The van der Waals surface area contributed by atoms with Gasteiger partial charge >= 0.3 is 0 Å². The number of amides is 1. The Morgan fingerprint density at radius 1 is 1.11 bits per heavy atom. The second-order valence-electron chi connectivity index (χ2n) is 10.2. The Kier molecular flexibility index (Phi) is 6.84. The monoisotopic (exact) mass is 475 g/mol. The number of carbonyl (C=O) groups is 2. The normalized spacial score (nSPS) is 19.3. The molecule has 4 rings (SSSR count). The molecule has 2 aromatic carbocycles. The van der Waals surface area contributed by atoms with Crippen molar-refractivity contribution >= 4 is 23.1 Å². The summed E-state index contributed by atoms with van der Waals surface area (Å²) in [4.78, 5) is 29.3. The van der Waals surface area contributed by atoms with Gasteiger partial charge in [0, 0.05) is 59.3 Å². The Morgan fingerprint density at radius 3 is 2.43 bits per heavy atom. The van der Waals surface area contributed by atoms with Crippen LogP contribution < -0.4 is 15.5 Å². The minimum absolute atomic E-state index is 0.0603. The van der Waals surface area contributed by atoms with E-state index in [4.69, 9.17) is 0 Å². The summed E-state index contributed by atoms with van der Waals surface area (Å²) in [5.74, 6) is -1.20. The third-order valence-electron chi connectivity index (χ3n) is 6.92. The van der Waals surface area contributed by atoms with E-state index in [9.17, 15) is 14.0 Å². The molecule has 0 saturated carbocycles. The Morgan fingerprint density at radius 2 is 1.80 bits per heavy atom. The zero-order chi connectivity index (χ0) is 25.3. The van der Waals surface area contributed by atoms with Crippen LogP contribution in [-0.4, -0.2) is 24.8 Å². The van der Waals surface area contributed by atoms with Crippen LogP contribution in [-0.2, 0) is 9.59 Å². The molecule has 1 amide bonds. The molecular weight excluding hydrogens is 441 g/mol. The molecule has 1 aliphatic heterocycles. The highest BCUT2D eigenvalue weighted by atomic mass is 19.1. The van der Waals surface area contributed by atoms with E-state index >= 15 is 0 Å². The first kappa shape index (κ1) is 24.7. The number of ketones is 1. The molecule has 1 aliphatic carbocycles. The van der Waals surface area contributed by atoms with E-state index < -0.39 is 11.7 Å². The molecule has 184 valence electrons. The first-order valence-electron chi connectivity index (χ1n) is 12.3. The molecule has 1 unspecified atom stereocenters. The topological polar surface area (TPSA) is 61.4 Å². The number of nitrogens with one attached hydrogen (secondary N) is 2. The maximum absolute atomic E-state index is 13.8. The van der Waals surface area contributed by atoms with Crippen LogP contribution in [0, 0.1) is 11.2 Å². The molecule has 2 N–H and O–H groups in total. The van der Waals surface area contributed by atoms with E-state index in [0.717, 1.165) is 36.5 Å². The van der Waals surface area contributed by atoms with Gasteiger partial charge in [0.1, 0.15) is 5.82 Å². The summed E-state index contributed by atoms with van der Waals surface area (Å²) in [5.41, 5.74) is 4.97. The Labute approximate surface area is 207 Å². The van der Waals surface area contributed by atoms with Crippen molar-refractivity contribution in [1.29, 1.82) is 0 Å². The number of hydrogen-bond acceptors (Lipinski definition) is 4. The lowest BCUT2D eigenvalue weighted by Gasteiger charge is -2.39. The van der Waals surface area contributed by atoms with Gasteiger partial charge in [-0.05, 0) is 68.5 Å². The molecule has 5 nitrogen and oxygen atoms in total. The second-order valence-corrected chi connectivity index (χ2v) is 10.2. The van der Waals surface area contributed by atoms with Gasteiger partial charge in [-0.25, -0.2) is 4.39 Å². The fraction of sp³-hybridized carbons (Fsp3) is 0.379. The minimum Gasteiger partial charge on any atom is -0.372 e. The molecule has 0 spiro atoms. The summed E-state index contributed by atoms with van der Waals surface area (Å²) in [6.45, 7) is 12.1. The van der Waals surface area contributed by atoms with Gasteiger partial charge in [0.25, 0.3) is 5.91 Å². The second kappa shape index (κ2) is 9.68. The molecule has 0 radical (unpaired) electrons. The van der Waals surface area contributed by atoms with Crippen molar-refractivity contribution in [2.45, 2.75) is 53.4 Å². The molecule has 6 heteroatoms. The predicted octanol–water partition coefficient (Wildman–Crippen LogP) is 5.91. The van der Waals surface area contributed by atoms with Crippen molar-refractivity contribution < 1.29 is 14.0 Å². The number of hydrogen-bond donors (Lipinski definition) is 2. The van der Waals surface area contributed by atoms with E-state index in [1.165, 1.54) is 12.1 Å². The van der Waals surface area contributed by atoms with Crippen LogP contribution in [0.15, 0.2) is 71.1 Å². The molecule has 0 fully saturated rings. The molecule has 35 heavy (non-hydrogen) atoms. The lowest BCUT2D eigenvalue weighted by molar-refractivity contribution is -0.118. The first-order valence-corrected chi connectivity index (χ1v) is 12.3. The van der Waals surface area contributed by atoms with Gasteiger partial charge < -0.3 is 15.5 Å². The highest BCUT2D eigenvalue weighted by molar-refractivity contribution is 6.10. The number of anilines is 2. The van der Waals surface area contributed by atoms with Crippen LogP contribution in [0.3, 0.4) is 0 Å². The standard InChI is InChI=1S/C29H34FN3O2/c1-6-33(7-2)22-13-11-19(12-14-22)26-25(28(35)32-21-10-8-9-20(30)15-21)18(3)31-23-16-29(4,5)17-24(34)27(23)26/h8-15,26,31H,6-7,16-17H2,1-5H3,(H,32,35). The third-order valence-corrected chi connectivity index (χ3v) is 6.92. The van der Waals surface area contributed by atoms with Gasteiger partial charge in [0.2, 0.25) is 0 Å². The molecule has 0 bridgehead atoms. The quantitative estimate of drug-likeness (QED) is 0.545. The third kappa shape index (κ3) is 5.02. The van der Waals surface area contributed by atoms with Crippen LogP contribution in [0.25, 0.3) is 0 Å². The van der Waals surface area contributed by atoms with E-state index in [1.807, 2.05) is 19.1 Å². The summed E-state index contributed by atoms with van der Waals surface area (Å²) < 4.78 is 13.8. The van der Waals surface area contributed by atoms with Crippen LogP contribution in [0.5, 0.6) is 0 Å². The molecule has 1 atom stereocenters. The summed E-state index contributed by atoms with van der Waals surface area (Å²) in [5, 5.41) is 6.21. The van der Waals surface area contributed by atoms with Gasteiger partial charge in [-0.2, -0.15) is 0 Å². The van der Waals surface area contributed by atoms with Gasteiger partial charge in [0.15, 0.2) is 5.78 Å². The van der Waals surface area contributed by atoms with Crippen molar-refractivity contribution in [2.24, 2.45) is 5.41 Å². The largest absolute Gasteiger partial charge is 0.372 e. The molecular formula is C29H34FN3O2. The van der Waals surface area contributed by atoms with Crippen molar-refractivity contribution in [3.63, 3.8) is 0 Å². The average molecular weight is 476 g/mol. The molecule has 0 saturated heterocycles. The number of rotatable bonds is 6. The number of nitrogens with zero attached hydrogens (tertiary/aromatic N) is 1. The summed E-state index contributed by atoms with van der Waals surface area (Å²) in [6, 6.07) is 14.0. The van der Waals surface area contributed by atoms with E-state index in [0.29, 0.717) is 29.0 Å². The number of allylic oxidation sites excluding steroid dienone is 3. The number of halogens is 1. The van der Waals surface area contributed by atoms with Gasteiger partial charge in [-0.3, -0.25) is 9.59 Å². The first-order chi connectivity index (χ1) is 16.6. The van der Waals surface area contributed by atoms with Crippen LogP contribution in [0.4, 0.5) is 15.8 Å². The van der Waals surface area contributed by atoms with Crippen molar-refractivity contribution in [1.82, 2.24) is 5.32 Å². The SMILES string of the molecule is CCN(CC)c1ccc(C2C(C(=O)Nc3cccc(F)c3)=C(C)NC3=C2C(=O)CC(C)(C)C3)cc1. The molecule has 2 aliphatic rings. The van der Waals surface area contributed by atoms with E-state index in [1.54, 1.807) is 12.1 Å². The summed E-state index contributed by atoms with van der Waals surface area (Å²) in [6.07, 6.45) is 1.16. The van der Waals surface area contributed by atoms with Crippen molar-refractivity contribution in [3.8, 4) is 0 Å². The van der Waals surface area contributed by atoms with Crippen LogP contribution >= 0.6 is 0 Å². The number of dihydropyridines is 1. The fourth-order valence-corrected chi connectivity index (χ4v) is 5.30. The predicted molar refractivity (Wildman–Crippen MR) is 139 cm³/mol. The summed E-state index contributed by atoms with van der Waals surface area (Å²) in [7, 11) is 0. The van der Waals surface area contributed by atoms with Gasteiger partial charge in [-0.1, -0.05) is 32.0 Å². The lowest BCUT2D eigenvalue weighted by atomic mass is 9.68. The number of carbonyl (C=O) groups excluding carboxylic acids is 2.